The summed E-state index contributed by atoms with van der Waals surface area (Å²) in [4.78, 5) is 18.9. The predicted molar refractivity (Wildman–Crippen MR) is 140 cm³/mol. The summed E-state index contributed by atoms with van der Waals surface area (Å²) in [6.45, 7) is 4.88. The van der Waals surface area contributed by atoms with E-state index in [1.54, 1.807) is 42.2 Å². The van der Waals surface area contributed by atoms with E-state index in [2.05, 4.69) is 15.0 Å². The Labute approximate surface area is 211 Å². The Kier molecular flexibility index (Phi) is 8.82. The topological polar surface area (TPSA) is 90.9 Å². The van der Waals surface area contributed by atoms with Crippen LogP contribution >= 0.6 is 23.8 Å². The molecule has 2 N–H and O–H groups in total. The van der Waals surface area contributed by atoms with Crippen LogP contribution in [0.4, 0.5) is 0 Å². The van der Waals surface area contributed by atoms with Crippen molar-refractivity contribution >= 4 is 56.8 Å². The number of carbonyl (C=O) groups is 1. The molecular weight excluding hydrogens is 492 g/mol. The number of carbonyl (C=O) groups excluding carboxylic acids is 1. The summed E-state index contributed by atoms with van der Waals surface area (Å²) in [5.41, 5.74) is 2.12. The number of nitrogens with zero attached hydrogens (tertiary/aromatic N) is 2. The maximum Gasteiger partial charge on any atom is 0.277 e. The van der Waals surface area contributed by atoms with Crippen molar-refractivity contribution in [1.82, 2.24) is 14.9 Å². The molecule has 34 heavy (non-hydrogen) atoms. The van der Waals surface area contributed by atoms with Gasteiger partial charge in [-0.05, 0) is 73.5 Å². The van der Waals surface area contributed by atoms with Crippen molar-refractivity contribution in [3.63, 3.8) is 0 Å². The Morgan fingerprint density at radius 2 is 1.82 bits per heavy atom. The summed E-state index contributed by atoms with van der Waals surface area (Å²) in [5.74, 6) is 0.456. The SMILES string of the molecule is CCCCNC(=S)NS(=O)(=O)c1ccc(CCN2C(=O)/C(=C/c3ccc(Cl)cc3)N=C2C)cc1. The normalized spacial score (nSPS) is 14.9. The summed E-state index contributed by atoms with van der Waals surface area (Å²) in [6.07, 6.45) is 4.17. The van der Waals surface area contributed by atoms with Crippen LogP contribution in [0.15, 0.2) is 64.1 Å². The molecule has 10 heteroatoms. The first-order chi connectivity index (χ1) is 16.2. The number of thiocarbonyl (C=S) groups is 1. The minimum atomic E-state index is -3.75. The first kappa shape index (κ1) is 25.9. The van der Waals surface area contributed by atoms with Gasteiger partial charge < -0.3 is 5.32 Å². The van der Waals surface area contributed by atoms with Crippen LogP contribution in [0, 0.1) is 0 Å². The van der Waals surface area contributed by atoms with Crippen LogP contribution in [-0.4, -0.2) is 43.3 Å². The molecule has 0 radical (unpaired) electrons. The summed E-state index contributed by atoms with van der Waals surface area (Å²) >= 11 is 11.0. The minimum Gasteiger partial charge on any atom is -0.362 e. The van der Waals surface area contributed by atoms with E-state index >= 15 is 0 Å². The fourth-order valence-electron chi connectivity index (χ4n) is 3.31. The quantitative estimate of drug-likeness (QED) is 0.296. The molecule has 1 heterocycles. The fraction of sp³-hybridized carbons (Fsp3) is 0.292. The molecule has 0 fully saturated rings. The zero-order valence-corrected chi connectivity index (χ0v) is 21.4. The van der Waals surface area contributed by atoms with Gasteiger partial charge in [0.2, 0.25) is 0 Å². The molecule has 0 bridgehead atoms. The second kappa shape index (κ2) is 11.6. The molecule has 3 rings (SSSR count). The second-order valence-corrected chi connectivity index (χ2v) is 10.3. The van der Waals surface area contributed by atoms with Crippen molar-refractivity contribution in [3.8, 4) is 0 Å². The summed E-state index contributed by atoms with van der Waals surface area (Å²) in [5, 5.41) is 3.60. The van der Waals surface area contributed by atoms with E-state index in [0.29, 0.717) is 36.1 Å². The van der Waals surface area contributed by atoms with E-state index in [4.69, 9.17) is 23.8 Å². The number of hydrogen-bond acceptors (Lipinski definition) is 5. The zero-order valence-electron chi connectivity index (χ0n) is 19.0. The largest absolute Gasteiger partial charge is 0.362 e. The Morgan fingerprint density at radius 1 is 1.15 bits per heavy atom. The molecule has 0 atom stereocenters. The van der Waals surface area contributed by atoms with Gasteiger partial charge in [-0.2, -0.15) is 0 Å². The van der Waals surface area contributed by atoms with Gasteiger partial charge >= 0.3 is 0 Å². The van der Waals surface area contributed by atoms with Gasteiger partial charge in [-0.25, -0.2) is 13.4 Å². The van der Waals surface area contributed by atoms with Crippen LogP contribution in [0.5, 0.6) is 0 Å². The van der Waals surface area contributed by atoms with Crippen molar-refractivity contribution < 1.29 is 13.2 Å². The lowest BCUT2D eigenvalue weighted by Crippen LogP contribution is -2.39. The molecule has 0 unspecified atom stereocenters. The van der Waals surface area contributed by atoms with Crippen LogP contribution in [0.25, 0.3) is 6.08 Å². The summed E-state index contributed by atoms with van der Waals surface area (Å²) in [6, 6.07) is 13.7. The molecule has 1 aliphatic heterocycles. The number of nitrogens with one attached hydrogen (secondary N) is 2. The average molecular weight is 519 g/mol. The number of halogens is 1. The molecule has 0 saturated heterocycles. The van der Waals surface area contributed by atoms with Gasteiger partial charge in [-0.1, -0.05) is 49.2 Å². The third-order valence-electron chi connectivity index (χ3n) is 5.21. The zero-order chi connectivity index (χ0) is 24.7. The minimum absolute atomic E-state index is 0.0855. The molecule has 2 aromatic rings. The van der Waals surface area contributed by atoms with Crippen LogP contribution in [0.3, 0.4) is 0 Å². The second-order valence-electron chi connectivity index (χ2n) is 7.81. The highest BCUT2D eigenvalue weighted by Crippen LogP contribution is 2.20. The highest BCUT2D eigenvalue weighted by atomic mass is 35.5. The van der Waals surface area contributed by atoms with Gasteiger partial charge in [-0.15, -0.1) is 0 Å². The average Bonchev–Trinajstić information content (AvgIpc) is 3.06. The van der Waals surface area contributed by atoms with E-state index in [1.807, 2.05) is 19.1 Å². The number of amides is 1. The highest BCUT2D eigenvalue weighted by Gasteiger charge is 2.27. The number of hydrogen-bond donors (Lipinski definition) is 2. The van der Waals surface area contributed by atoms with Crippen molar-refractivity contribution in [2.24, 2.45) is 4.99 Å². The monoisotopic (exact) mass is 518 g/mol. The van der Waals surface area contributed by atoms with Gasteiger partial charge in [0.25, 0.3) is 15.9 Å². The first-order valence-electron chi connectivity index (χ1n) is 10.9. The Morgan fingerprint density at radius 3 is 2.47 bits per heavy atom. The van der Waals surface area contributed by atoms with Gasteiger partial charge in [0.1, 0.15) is 11.5 Å². The van der Waals surface area contributed by atoms with Crippen LogP contribution in [-0.2, 0) is 21.2 Å². The molecule has 1 aliphatic rings. The van der Waals surface area contributed by atoms with E-state index in [1.165, 1.54) is 12.1 Å². The number of benzene rings is 2. The molecule has 0 aromatic heterocycles. The first-order valence-corrected chi connectivity index (χ1v) is 13.2. The van der Waals surface area contributed by atoms with Crippen molar-refractivity contribution in [1.29, 1.82) is 0 Å². The van der Waals surface area contributed by atoms with Gasteiger partial charge in [0, 0.05) is 18.1 Å². The molecule has 7 nitrogen and oxygen atoms in total. The maximum atomic E-state index is 12.8. The molecule has 0 spiro atoms. The summed E-state index contributed by atoms with van der Waals surface area (Å²) < 4.78 is 27.4. The highest BCUT2D eigenvalue weighted by molar-refractivity contribution is 7.91. The molecule has 0 saturated carbocycles. The Bertz CT molecular complexity index is 1210. The van der Waals surface area contributed by atoms with Crippen molar-refractivity contribution in [3.05, 3.63) is 70.4 Å². The predicted octanol–water partition coefficient (Wildman–Crippen LogP) is 4.14. The summed E-state index contributed by atoms with van der Waals surface area (Å²) in [7, 11) is -3.75. The number of amidine groups is 1. The smallest absolute Gasteiger partial charge is 0.277 e. The van der Waals surface area contributed by atoms with E-state index in [0.717, 1.165) is 24.0 Å². The van der Waals surface area contributed by atoms with Gasteiger partial charge in [0.15, 0.2) is 5.11 Å². The van der Waals surface area contributed by atoms with E-state index in [9.17, 15) is 13.2 Å². The van der Waals surface area contributed by atoms with E-state index < -0.39 is 10.0 Å². The Hall–Kier alpha value is -2.75. The lowest BCUT2D eigenvalue weighted by Gasteiger charge is -2.16. The van der Waals surface area contributed by atoms with Crippen LogP contribution in [0.2, 0.25) is 5.02 Å². The van der Waals surface area contributed by atoms with Gasteiger partial charge in [-0.3, -0.25) is 14.4 Å². The molecule has 2 aromatic carbocycles. The fourth-order valence-corrected chi connectivity index (χ4v) is 4.80. The molecule has 0 aliphatic carbocycles. The van der Waals surface area contributed by atoms with Crippen LogP contribution < -0.4 is 10.0 Å². The van der Waals surface area contributed by atoms with E-state index in [-0.39, 0.29) is 15.9 Å². The standard InChI is InChI=1S/C24H27ClN4O3S2/c1-3-4-14-26-24(33)28-34(31,32)21-11-7-18(8-12-21)13-15-29-17(2)27-22(23(29)30)16-19-5-9-20(25)10-6-19/h5-12,16H,3-4,13-15H2,1-2H3,(H2,26,28,33)/b22-16-. The molecule has 1 amide bonds. The lowest BCUT2D eigenvalue weighted by atomic mass is 10.1. The van der Waals surface area contributed by atoms with Crippen LogP contribution in [0.1, 0.15) is 37.8 Å². The third kappa shape index (κ3) is 6.88. The van der Waals surface area contributed by atoms with Gasteiger partial charge in [0.05, 0.1) is 4.90 Å². The number of unbranched alkanes of at least 4 members (excludes halogenated alkanes) is 1. The molecular formula is C24H27ClN4O3S2. The lowest BCUT2D eigenvalue weighted by molar-refractivity contribution is -0.122. The number of sulfonamides is 1. The third-order valence-corrected chi connectivity index (χ3v) is 7.20. The Balaban J connectivity index is 1.59. The number of aliphatic imine (C=N–C) groups is 1. The maximum absolute atomic E-state index is 12.8. The number of rotatable bonds is 9. The van der Waals surface area contributed by atoms with Crippen molar-refractivity contribution in [2.45, 2.75) is 38.0 Å². The molecule has 180 valence electrons. The van der Waals surface area contributed by atoms with Crippen molar-refractivity contribution in [2.75, 3.05) is 13.1 Å².